The van der Waals surface area contributed by atoms with Crippen LogP contribution in [0.1, 0.15) is 50.7 Å². The van der Waals surface area contributed by atoms with Gasteiger partial charge >= 0.3 is 0 Å². The molecule has 0 radical (unpaired) electrons. The van der Waals surface area contributed by atoms with E-state index in [2.05, 4.69) is 35.1 Å². The molecule has 1 N–H and O–H groups in total. The minimum atomic E-state index is -0.279. The van der Waals surface area contributed by atoms with E-state index in [9.17, 15) is 9.18 Å². The van der Waals surface area contributed by atoms with E-state index in [0.717, 1.165) is 35.0 Å². The number of benzene rings is 2. The van der Waals surface area contributed by atoms with Gasteiger partial charge in [0.15, 0.2) is 0 Å². The smallest absolute Gasteiger partial charge is 0.221 e. The molecule has 0 saturated carbocycles. The lowest BCUT2D eigenvalue weighted by Crippen LogP contribution is -2.33. The maximum absolute atomic E-state index is 13.9. The largest absolute Gasteiger partial charge is 0.354 e. The number of fused-ring (bicyclic) bond motifs is 1. The number of amides is 1. The van der Waals surface area contributed by atoms with Crippen LogP contribution >= 0.6 is 0 Å². The van der Waals surface area contributed by atoms with Gasteiger partial charge in [0.2, 0.25) is 5.91 Å². The lowest BCUT2D eigenvalue weighted by Gasteiger charge is -2.19. The Morgan fingerprint density at radius 1 is 1.15 bits per heavy atom. The van der Waals surface area contributed by atoms with Crippen molar-refractivity contribution in [3.63, 3.8) is 0 Å². The van der Waals surface area contributed by atoms with Crippen LogP contribution in [0, 0.1) is 5.82 Å². The van der Waals surface area contributed by atoms with Gasteiger partial charge < -0.3 is 9.88 Å². The van der Waals surface area contributed by atoms with E-state index in [1.165, 1.54) is 6.07 Å². The first-order valence-corrected chi connectivity index (χ1v) is 9.66. The van der Waals surface area contributed by atoms with Crippen molar-refractivity contribution in [2.45, 2.75) is 52.1 Å². The average molecular weight is 366 g/mol. The zero-order valence-electron chi connectivity index (χ0n) is 16.2. The van der Waals surface area contributed by atoms with E-state index in [4.69, 9.17) is 0 Å². The minimum absolute atomic E-state index is 0.00746. The number of aromatic nitrogens is 1. The SMILES string of the molecule is CC[C@H](C)NC(=O)C[C@@H](c1cccc(F)c1)c1cn(CC)c2ccccc12. The van der Waals surface area contributed by atoms with E-state index in [0.29, 0.717) is 6.42 Å². The van der Waals surface area contributed by atoms with Crippen LogP contribution in [0.25, 0.3) is 10.9 Å². The standard InChI is InChI=1S/C23H27FN2O/c1-4-16(3)25-23(27)14-20(17-9-8-10-18(24)13-17)21-15-26(5-2)22-12-7-6-11-19(21)22/h6-13,15-16,20H,4-5,14H2,1-3H3,(H,25,27)/t16-,20-/m0/s1. The summed E-state index contributed by atoms with van der Waals surface area (Å²) in [6, 6.07) is 14.9. The van der Waals surface area contributed by atoms with Gasteiger partial charge in [0.25, 0.3) is 0 Å². The summed E-state index contributed by atoms with van der Waals surface area (Å²) in [4.78, 5) is 12.7. The maximum atomic E-state index is 13.9. The Kier molecular flexibility index (Phi) is 5.94. The number of nitrogens with one attached hydrogen (secondary N) is 1. The predicted octanol–water partition coefficient (Wildman–Crippen LogP) is 5.24. The molecule has 4 heteroatoms. The first-order chi connectivity index (χ1) is 13.0. The molecule has 0 aliphatic rings. The zero-order valence-corrected chi connectivity index (χ0v) is 16.2. The number of hydrogen-bond acceptors (Lipinski definition) is 1. The molecule has 0 fully saturated rings. The molecule has 3 nitrogen and oxygen atoms in total. The highest BCUT2D eigenvalue weighted by atomic mass is 19.1. The van der Waals surface area contributed by atoms with Gasteiger partial charge in [-0.2, -0.15) is 0 Å². The van der Waals surface area contributed by atoms with Crippen molar-refractivity contribution in [3.05, 3.63) is 71.7 Å². The number of para-hydroxylation sites is 1. The van der Waals surface area contributed by atoms with Crippen LogP contribution in [0.5, 0.6) is 0 Å². The molecule has 1 heterocycles. The number of aryl methyl sites for hydroxylation is 1. The molecule has 0 aliphatic carbocycles. The van der Waals surface area contributed by atoms with Gasteiger partial charge in [-0.15, -0.1) is 0 Å². The lowest BCUT2D eigenvalue weighted by atomic mass is 9.88. The van der Waals surface area contributed by atoms with Crippen LogP contribution in [0.4, 0.5) is 4.39 Å². The number of hydrogen-bond donors (Lipinski definition) is 1. The van der Waals surface area contributed by atoms with E-state index in [1.807, 2.05) is 32.0 Å². The van der Waals surface area contributed by atoms with Crippen LogP contribution in [-0.2, 0) is 11.3 Å². The van der Waals surface area contributed by atoms with Gasteiger partial charge in [-0.05, 0) is 49.6 Å². The summed E-state index contributed by atoms with van der Waals surface area (Å²) in [5, 5.41) is 4.16. The first kappa shape index (κ1) is 19.2. The van der Waals surface area contributed by atoms with Crippen molar-refractivity contribution in [1.29, 1.82) is 0 Å². The topological polar surface area (TPSA) is 34.0 Å². The molecular formula is C23H27FN2O. The van der Waals surface area contributed by atoms with Crippen LogP contribution in [0.2, 0.25) is 0 Å². The van der Waals surface area contributed by atoms with Gasteiger partial charge in [-0.3, -0.25) is 4.79 Å². The molecule has 2 atom stereocenters. The highest BCUT2D eigenvalue weighted by Gasteiger charge is 2.23. The second-order valence-electron chi connectivity index (χ2n) is 7.08. The molecule has 0 bridgehead atoms. The number of carbonyl (C=O) groups is 1. The number of carbonyl (C=O) groups excluding carboxylic acids is 1. The second-order valence-corrected chi connectivity index (χ2v) is 7.08. The fraction of sp³-hybridized carbons (Fsp3) is 0.348. The van der Waals surface area contributed by atoms with Crippen molar-refractivity contribution >= 4 is 16.8 Å². The van der Waals surface area contributed by atoms with Crippen molar-refractivity contribution in [2.24, 2.45) is 0 Å². The molecule has 0 unspecified atom stereocenters. The van der Waals surface area contributed by atoms with E-state index < -0.39 is 0 Å². The summed E-state index contributed by atoms with van der Waals surface area (Å²) in [5.41, 5.74) is 3.03. The fourth-order valence-electron chi connectivity index (χ4n) is 3.57. The fourth-order valence-corrected chi connectivity index (χ4v) is 3.57. The molecule has 27 heavy (non-hydrogen) atoms. The summed E-state index contributed by atoms with van der Waals surface area (Å²) >= 11 is 0. The molecule has 1 aromatic heterocycles. The third-order valence-electron chi connectivity index (χ3n) is 5.20. The molecule has 0 saturated heterocycles. The van der Waals surface area contributed by atoms with Crippen molar-refractivity contribution in [3.8, 4) is 0 Å². The van der Waals surface area contributed by atoms with Crippen LogP contribution in [-0.4, -0.2) is 16.5 Å². The normalized spacial score (nSPS) is 13.5. The van der Waals surface area contributed by atoms with Gasteiger partial charge in [0.05, 0.1) is 0 Å². The van der Waals surface area contributed by atoms with Crippen molar-refractivity contribution in [1.82, 2.24) is 9.88 Å². The molecule has 3 aromatic rings. The quantitative estimate of drug-likeness (QED) is 0.610. The summed E-state index contributed by atoms with van der Waals surface area (Å²) < 4.78 is 16.1. The molecule has 3 rings (SSSR count). The first-order valence-electron chi connectivity index (χ1n) is 9.66. The number of halogens is 1. The Hall–Kier alpha value is -2.62. The Labute approximate surface area is 160 Å². The predicted molar refractivity (Wildman–Crippen MR) is 108 cm³/mol. The van der Waals surface area contributed by atoms with E-state index >= 15 is 0 Å². The average Bonchev–Trinajstić information content (AvgIpc) is 3.04. The van der Waals surface area contributed by atoms with Crippen LogP contribution in [0.15, 0.2) is 54.7 Å². The van der Waals surface area contributed by atoms with E-state index in [-0.39, 0.29) is 23.7 Å². The van der Waals surface area contributed by atoms with Crippen molar-refractivity contribution in [2.75, 3.05) is 0 Å². The van der Waals surface area contributed by atoms with E-state index in [1.54, 1.807) is 12.1 Å². The van der Waals surface area contributed by atoms with Crippen LogP contribution < -0.4 is 5.32 Å². The highest BCUT2D eigenvalue weighted by Crippen LogP contribution is 2.35. The molecule has 0 aliphatic heterocycles. The third kappa shape index (κ3) is 4.21. The Morgan fingerprint density at radius 2 is 1.93 bits per heavy atom. The minimum Gasteiger partial charge on any atom is -0.354 e. The number of nitrogens with zero attached hydrogens (tertiary/aromatic N) is 1. The van der Waals surface area contributed by atoms with Gasteiger partial charge in [-0.25, -0.2) is 4.39 Å². The maximum Gasteiger partial charge on any atom is 0.221 e. The molecule has 2 aromatic carbocycles. The number of rotatable bonds is 7. The molecule has 1 amide bonds. The Bertz CT molecular complexity index is 931. The van der Waals surface area contributed by atoms with Crippen molar-refractivity contribution < 1.29 is 9.18 Å². The summed E-state index contributed by atoms with van der Waals surface area (Å²) in [7, 11) is 0. The monoisotopic (exact) mass is 366 g/mol. The summed E-state index contributed by atoms with van der Waals surface area (Å²) in [6.45, 7) is 6.99. The zero-order chi connectivity index (χ0) is 19.4. The highest BCUT2D eigenvalue weighted by molar-refractivity contribution is 5.86. The third-order valence-corrected chi connectivity index (χ3v) is 5.20. The van der Waals surface area contributed by atoms with Gasteiger partial charge in [0, 0.05) is 42.0 Å². The Morgan fingerprint density at radius 3 is 2.63 bits per heavy atom. The summed E-state index contributed by atoms with van der Waals surface area (Å²) in [6.07, 6.45) is 3.29. The Balaban J connectivity index is 2.06. The molecular weight excluding hydrogens is 339 g/mol. The summed E-state index contributed by atoms with van der Waals surface area (Å²) in [5.74, 6) is -0.478. The second kappa shape index (κ2) is 8.38. The van der Waals surface area contributed by atoms with Gasteiger partial charge in [0.1, 0.15) is 5.82 Å². The van der Waals surface area contributed by atoms with Gasteiger partial charge in [-0.1, -0.05) is 37.3 Å². The molecule has 0 spiro atoms. The molecule has 142 valence electrons. The lowest BCUT2D eigenvalue weighted by molar-refractivity contribution is -0.121. The van der Waals surface area contributed by atoms with Crippen LogP contribution in [0.3, 0.4) is 0 Å².